The van der Waals surface area contributed by atoms with Gasteiger partial charge in [-0.05, 0) is 19.3 Å². The molecule has 0 spiro atoms. The summed E-state index contributed by atoms with van der Waals surface area (Å²) in [5.74, 6) is 2.12. The second-order valence-corrected chi connectivity index (χ2v) is 4.86. The number of hydrogen-bond acceptors (Lipinski definition) is 2. The molecule has 1 fully saturated rings. The summed E-state index contributed by atoms with van der Waals surface area (Å²) >= 11 is 0. The number of hydrogen-bond donors (Lipinski definition) is 2. The highest BCUT2D eigenvalue weighted by atomic mass is 15.2. The van der Waals surface area contributed by atoms with Gasteiger partial charge in [-0.25, -0.2) is 4.98 Å². The van der Waals surface area contributed by atoms with E-state index in [0.717, 1.165) is 25.3 Å². The summed E-state index contributed by atoms with van der Waals surface area (Å²) in [5, 5.41) is 6.91. The van der Waals surface area contributed by atoms with E-state index in [-0.39, 0.29) is 0 Å². The lowest BCUT2D eigenvalue weighted by atomic mass is 10.1. The third-order valence-electron chi connectivity index (χ3n) is 3.43. The van der Waals surface area contributed by atoms with Crippen LogP contribution in [-0.2, 0) is 13.0 Å². The first-order valence-electron chi connectivity index (χ1n) is 6.35. The number of fused-ring (bicyclic) bond motifs is 1. The number of nitrogens with one attached hydrogen (secondary N) is 2. The van der Waals surface area contributed by atoms with Crippen LogP contribution in [0.1, 0.15) is 25.1 Å². The molecule has 1 aromatic heterocycles. The van der Waals surface area contributed by atoms with E-state index in [1.807, 2.05) is 13.2 Å². The zero-order valence-electron chi connectivity index (χ0n) is 10.2. The predicted molar refractivity (Wildman–Crippen MR) is 67.0 cm³/mol. The molecule has 1 atom stereocenters. The zero-order chi connectivity index (χ0) is 11.7. The first kappa shape index (κ1) is 10.6. The molecule has 2 N–H and O–H groups in total. The van der Waals surface area contributed by atoms with Crippen LogP contribution in [0.15, 0.2) is 17.4 Å². The van der Waals surface area contributed by atoms with E-state index in [9.17, 15) is 0 Å². The smallest absolute Gasteiger partial charge is 0.191 e. The number of aliphatic imine (C=N–C) groups is 1. The van der Waals surface area contributed by atoms with Crippen molar-refractivity contribution in [2.24, 2.45) is 4.99 Å². The Kier molecular flexibility index (Phi) is 2.74. The third kappa shape index (κ3) is 2.43. The molecule has 0 saturated heterocycles. The predicted octanol–water partition coefficient (Wildman–Crippen LogP) is 0.525. The molecule has 92 valence electrons. The van der Waals surface area contributed by atoms with Crippen LogP contribution in [0.4, 0.5) is 0 Å². The molecule has 1 saturated carbocycles. The standard InChI is InChI=1S/C12H19N5/c1-13-12(15-9-2-3-9)16-10-4-6-17-7-5-14-11(17)8-10/h5,7,9-10H,2-4,6,8H2,1H3,(H2,13,15,16). The van der Waals surface area contributed by atoms with Crippen molar-refractivity contribution in [2.45, 2.75) is 44.3 Å². The molecular weight excluding hydrogens is 214 g/mol. The van der Waals surface area contributed by atoms with Crippen molar-refractivity contribution in [3.63, 3.8) is 0 Å². The third-order valence-corrected chi connectivity index (χ3v) is 3.43. The van der Waals surface area contributed by atoms with Crippen LogP contribution in [0.3, 0.4) is 0 Å². The highest BCUT2D eigenvalue weighted by Gasteiger charge is 2.24. The van der Waals surface area contributed by atoms with E-state index in [2.05, 4.69) is 31.4 Å². The minimum atomic E-state index is 0.454. The number of rotatable bonds is 2. The maximum Gasteiger partial charge on any atom is 0.191 e. The molecule has 2 aliphatic rings. The first-order valence-corrected chi connectivity index (χ1v) is 6.35. The van der Waals surface area contributed by atoms with Crippen LogP contribution in [-0.4, -0.2) is 34.6 Å². The summed E-state index contributed by atoms with van der Waals surface area (Å²) in [7, 11) is 1.83. The topological polar surface area (TPSA) is 54.2 Å². The summed E-state index contributed by atoms with van der Waals surface area (Å²) in [6, 6.07) is 1.10. The molecule has 3 rings (SSSR count). The van der Waals surface area contributed by atoms with Crippen molar-refractivity contribution < 1.29 is 0 Å². The average molecular weight is 233 g/mol. The minimum absolute atomic E-state index is 0.454. The molecule has 0 aromatic carbocycles. The Morgan fingerprint density at radius 3 is 2.94 bits per heavy atom. The Hall–Kier alpha value is -1.52. The second kappa shape index (κ2) is 4.39. The van der Waals surface area contributed by atoms with Crippen LogP contribution in [0.2, 0.25) is 0 Å². The number of guanidine groups is 1. The number of nitrogens with zero attached hydrogens (tertiary/aromatic N) is 3. The molecule has 1 unspecified atom stereocenters. The van der Waals surface area contributed by atoms with Crippen LogP contribution in [0.25, 0.3) is 0 Å². The van der Waals surface area contributed by atoms with Crippen LogP contribution < -0.4 is 10.6 Å². The summed E-state index contributed by atoms with van der Waals surface area (Å²) in [6.07, 6.45) is 8.61. The van der Waals surface area contributed by atoms with Gasteiger partial charge in [0, 0.05) is 44.5 Å². The van der Waals surface area contributed by atoms with Crippen LogP contribution in [0.5, 0.6) is 0 Å². The van der Waals surface area contributed by atoms with Gasteiger partial charge in [0.15, 0.2) is 5.96 Å². The van der Waals surface area contributed by atoms with E-state index >= 15 is 0 Å². The van der Waals surface area contributed by atoms with Gasteiger partial charge in [-0.2, -0.15) is 0 Å². The van der Waals surface area contributed by atoms with Crippen molar-refractivity contribution in [1.29, 1.82) is 0 Å². The molecule has 5 nitrogen and oxygen atoms in total. The van der Waals surface area contributed by atoms with Gasteiger partial charge in [-0.1, -0.05) is 0 Å². The monoisotopic (exact) mass is 233 g/mol. The van der Waals surface area contributed by atoms with E-state index < -0.39 is 0 Å². The Bertz CT molecular complexity index is 418. The summed E-state index contributed by atoms with van der Waals surface area (Å²) in [5.41, 5.74) is 0. The Balaban J connectivity index is 1.58. The van der Waals surface area contributed by atoms with Gasteiger partial charge in [-0.15, -0.1) is 0 Å². The molecule has 17 heavy (non-hydrogen) atoms. The lowest BCUT2D eigenvalue weighted by Gasteiger charge is -2.26. The largest absolute Gasteiger partial charge is 0.354 e. The quantitative estimate of drug-likeness (QED) is 0.578. The van der Waals surface area contributed by atoms with E-state index in [1.54, 1.807) is 0 Å². The van der Waals surface area contributed by atoms with Gasteiger partial charge in [0.2, 0.25) is 0 Å². The van der Waals surface area contributed by atoms with Gasteiger partial charge in [0.05, 0.1) is 0 Å². The fraction of sp³-hybridized carbons (Fsp3) is 0.667. The van der Waals surface area contributed by atoms with Crippen LogP contribution in [0, 0.1) is 0 Å². The molecule has 5 heteroatoms. The van der Waals surface area contributed by atoms with Crippen LogP contribution >= 0.6 is 0 Å². The zero-order valence-corrected chi connectivity index (χ0v) is 10.2. The fourth-order valence-corrected chi connectivity index (χ4v) is 2.26. The summed E-state index contributed by atoms with van der Waals surface area (Å²) < 4.78 is 2.23. The van der Waals surface area contributed by atoms with Crippen molar-refractivity contribution in [2.75, 3.05) is 7.05 Å². The van der Waals surface area contributed by atoms with Crippen molar-refractivity contribution in [1.82, 2.24) is 20.2 Å². The van der Waals surface area contributed by atoms with Gasteiger partial charge < -0.3 is 15.2 Å². The van der Waals surface area contributed by atoms with Gasteiger partial charge in [0.25, 0.3) is 0 Å². The molecule has 0 radical (unpaired) electrons. The molecule has 0 amide bonds. The van der Waals surface area contributed by atoms with Crippen molar-refractivity contribution in [3.8, 4) is 0 Å². The minimum Gasteiger partial charge on any atom is -0.354 e. The lowest BCUT2D eigenvalue weighted by Crippen LogP contribution is -2.47. The first-order chi connectivity index (χ1) is 8.35. The molecule has 2 heterocycles. The van der Waals surface area contributed by atoms with E-state index in [4.69, 9.17) is 0 Å². The normalized spacial score (nSPS) is 24.3. The molecule has 1 aliphatic heterocycles. The average Bonchev–Trinajstić information content (AvgIpc) is 3.04. The second-order valence-electron chi connectivity index (χ2n) is 4.86. The number of aryl methyl sites for hydroxylation is 1. The Morgan fingerprint density at radius 2 is 2.18 bits per heavy atom. The fourth-order valence-electron chi connectivity index (χ4n) is 2.26. The number of aromatic nitrogens is 2. The maximum absolute atomic E-state index is 4.38. The van der Waals surface area contributed by atoms with Crippen molar-refractivity contribution in [3.05, 3.63) is 18.2 Å². The number of imidazole rings is 1. The van der Waals surface area contributed by atoms with Gasteiger partial charge in [0.1, 0.15) is 5.82 Å². The van der Waals surface area contributed by atoms with Gasteiger partial charge in [-0.3, -0.25) is 4.99 Å². The maximum atomic E-state index is 4.38. The van der Waals surface area contributed by atoms with Gasteiger partial charge >= 0.3 is 0 Å². The van der Waals surface area contributed by atoms with Crippen molar-refractivity contribution >= 4 is 5.96 Å². The summed E-state index contributed by atoms with van der Waals surface area (Å²) in [6.45, 7) is 1.05. The molecular formula is C12H19N5. The Morgan fingerprint density at radius 1 is 1.35 bits per heavy atom. The Labute approximate surface area is 101 Å². The molecule has 1 aromatic rings. The highest BCUT2D eigenvalue weighted by molar-refractivity contribution is 5.80. The summed E-state index contributed by atoms with van der Waals surface area (Å²) in [4.78, 5) is 8.65. The highest BCUT2D eigenvalue weighted by Crippen LogP contribution is 2.18. The lowest BCUT2D eigenvalue weighted by molar-refractivity contribution is 0.431. The molecule has 0 bridgehead atoms. The SMILES string of the molecule is CN=C(NC1CC1)NC1CCn2ccnc2C1. The van der Waals surface area contributed by atoms with E-state index in [0.29, 0.717) is 12.1 Å². The van der Waals surface area contributed by atoms with E-state index in [1.165, 1.54) is 18.7 Å². The molecule has 1 aliphatic carbocycles.